The van der Waals surface area contributed by atoms with Gasteiger partial charge in [-0.25, -0.2) is 4.79 Å². The number of carbonyl (C=O) groups excluding carboxylic acids is 1. The third-order valence-corrected chi connectivity index (χ3v) is 5.26. The number of benzene rings is 2. The summed E-state index contributed by atoms with van der Waals surface area (Å²) in [6.07, 6.45) is 2.53. The standard InChI is InChI=1S/C20H17NO4S2/c22-18(23)13-25-16-8-6-15(7-9-16)12-17-19(24)21(20(26)27-17)11-10-14-4-2-1-3-5-14/h1-9,12H,10-11,13H2,(H,22,23). The van der Waals surface area contributed by atoms with Crippen LogP contribution in [0.4, 0.5) is 0 Å². The smallest absolute Gasteiger partial charge is 0.341 e. The summed E-state index contributed by atoms with van der Waals surface area (Å²) in [5, 5.41) is 8.62. The lowest BCUT2D eigenvalue weighted by atomic mass is 10.1. The Hall–Kier alpha value is -2.64. The molecule has 1 aliphatic heterocycles. The Morgan fingerprint density at radius 2 is 1.85 bits per heavy atom. The van der Waals surface area contributed by atoms with Crippen LogP contribution < -0.4 is 4.74 Å². The molecule has 1 heterocycles. The quantitative estimate of drug-likeness (QED) is 0.567. The maximum Gasteiger partial charge on any atom is 0.341 e. The van der Waals surface area contributed by atoms with Crippen molar-refractivity contribution in [3.8, 4) is 5.75 Å². The van der Waals surface area contributed by atoms with Gasteiger partial charge in [-0.1, -0.05) is 66.4 Å². The largest absolute Gasteiger partial charge is 0.482 e. The van der Waals surface area contributed by atoms with Crippen molar-refractivity contribution in [2.45, 2.75) is 6.42 Å². The van der Waals surface area contributed by atoms with Crippen molar-refractivity contribution < 1.29 is 19.4 Å². The molecule has 0 aliphatic carbocycles. The van der Waals surface area contributed by atoms with Gasteiger partial charge in [0.25, 0.3) is 5.91 Å². The van der Waals surface area contributed by atoms with Gasteiger partial charge < -0.3 is 9.84 Å². The SMILES string of the molecule is O=C(O)COc1ccc(C=C2SC(=S)N(CCc3ccccc3)C2=O)cc1. The summed E-state index contributed by atoms with van der Waals surface area (Å²) in [4.78, 5) is 25.4. The number of rotatable bonds is 7. The van der Waals surface area contributed by atoms with Crippen LogP contribution in [0.3, 0.4) is 0 Å². The number of nitrogens with zero attached hydrogens (tertiary/aromatic N) is 1. The first-order valence-electron chi connectivity index (χ1n) is 8.27. The minimum absolute atomic E-state index is 0.0906. The molecule has 0 bridgehead atoms. The molecule has 1 amide bonds. The summed E-state index contributed by atoms with van der Waals surface area (Å²) in [5.74, 6) is -0.657. The van der Waals surface area contributed by atoms with Crippen LogP contribution >= 0.6 is 24.0 Å². The Bertz CT molecular complexity index is 879. The zero-order chi connectivity index (χ0) is 19.2. The molecule has 5 nitrogen and oxygen atoms in total. The van der Waals surface area contributed by atoms with Crippen LogP contribution in [-0.2, 0) is 16.0 Å². The molecular weight excluding hydrogens is 382 g/mol. The van der Waals surface area contributed by atoms with E-state index < -0.39 is 5.97 Å². The molecule has 2 aromatic rings. The van der Waals surface area contributed by atoms with E-state index in [-0.39, 0.29) is 12.5 Å². The second-order valence-corrected chi connectivity index (χ2v) is 7.50. The molecule has 0 saturated carbocycles. The van der Waals surface area contributed by atoms with Crippen LogP contribution in [0, 0.1) is 0 Å². The molecule has 2 aromatic carbocycles. The molecule has 1 fully saturated rings. The summed E-state index contributed by atoms with van der Waals surface area (Å²) in [6.45, 7) is 0.160. The van der Waals surface area contributed by atoms with Gasteiger partial charge in [0.05, 0.1) is 4.91 Å². The number of carboxylic acids is 1. The van der Waals surface area contributed by atoms with E-state index in [2.05, 4.69) is 0 Å². The number of ether oxygens (including phenoxy) is 1. The number of amides is 1. The molecule has 0 atom stereocenters. The van der Waals surface area contributed by atoms with Gasteiger partial charge in [-0.2, -0.15) is 0 Å². The normalized spacial score (nSPS) is 15.4. The molecule has 0 unspecified atom stereocenters. The van der Waals surface area contributed by atoms with Crippen LogP contribution in [0.15, 0.2) is 59.5 Å². The number of carbonyl (C=O) groups is 2. The molecule has 3 rings (SSSR count). The lowest BCUT2D eigenvalue weighted by Crippen LogP contribution is -2.30. The van der Waals surface area contributed by atoms with Gasteiger partial charge in [-0.05, 0) is 35.8 Å². The first-order chi connectivity index (χ1) is 13.0. The van der Waals surface area contributed by atoms with E-state index in [1.54, 1.807) is 35.2 Å². The number of aliphatic carboxylic acids is 1. The second kappa shape index (κ2) is 8.83. The second-order valence-electron chi connectivity index (χ2n) is 5.82. The molecule has 138 valence electrons. The van der Waals surface area contributed by atoms with Crippen molar-refractivity contribution in [1.29, 1.82) is 0 Å². The van der Waals surface area contributed by atoms with E-state index in [1.165, 1.54) is 11.8 Å². The maximum atomic E-state index is 12.6. The van der Waals surface area contributed by atoms with Crippen LogP contribution in [0.2, 0.25) is 0 Å². The van der Waals surface area contributed by atoms with Crippen molar-refractivity contribution >= 4 is 46.3 Å². The minimum Gasteiger partial charge on any atom is -0.482 e. The molecule has 1 N–H and O–H groups in total. The third kappa shape index (κ3) is 5.18. The van der Waals surface area contributed by atoms with E-state index in [0.717, 1.165) is 17.5 Å². The zero-order valence-electron chi connectivity index (χ0n) is 14.3. The van der Waals surface area contributed by atoms with Crippen molar-refractivity contribution in [3.63, 3.8) is 0 Å². The number of hydrogen-bond acceptors (Lipinski definition) is 5. The predicted octanol–water partition coefficient (Wildman–Crippen LogP) is 3.59. The summed E-state index contributed by atoms with van der Waals surface area (Å²) in [7, 11) is 0. The van der Waals surface area contributed by atoms with Crippen LogP contribution in [0.1, 0.15) is 11.1 Å². The van der Waals surface area contributed by atoms with Gasteiger partial charge in [0.1, 0.15) is 10.1 Å². The van der Waals surface area contributed by atoms with Crippen LogP contribution in [-0.4, -0.2) is 39.4 Å². The van der Waals surface area contributed by atoms with Crippen LogP contribution in [0.25, 0.3) is 6.08 Å². The third-order valence-electron chi connectivity index (χ3n) is 3.88. The van der Waals surface area contributed by atoms with Crippen molar-refractivity contribution in [1.82, 2.24) is 4.90 Å². The Morgan fingerprint density at radius 3 is 2.52 bits per heavy atom. The molecule has 1 saturated heterocycles. The zero-order valence-corrected chi connectivity index (χ0v) is 16.0. The summed E-state index contributed by atoms with van der Waals surface area (Å²) in [5.41, 5.74) is 1.98. The highest BCUT2D eigenvalue weighted by Gasteiger charge is 2.31. The average Bonchev–Trinajstić information content (AvgIpc) is 2.93. The Kier molecular flexibility index (Phi) is 6.26. The van der Waals surface area contributed by atoms with E-state index in [4.69, 9.17) is 22.1 Å². The van der Waals surface area contributed by atoms with Crippen molar-refractivity contribution in [2.24, 2.45) is 0 Å². The first kappa shape index (κ1) is 19.1. The fourth-order valence-electron chi connectivity index (χ4n) is 2.54. The molecule has 27 heavy (non-hydrogen) atoms. The number of carboxylic acid groups (broad SMARTS) is 1. The van der Waals surface area contributed by atoms with Crippen molar-refractivity contribution in [2.75, 3.05) is 13.2 Å². The maximum absolute atomic E-state index is 12.6. The summed E-state index contributed by atoms with van der Waals surface area (Å²) < 4.78 is 5.66. The number of hydrogen-bond donors (Lipinski definition) is 1. The molecule has 7 heteroatoms. The molecule has 1 aliphatic rings. The Morgan fingerprint density at radius 1 is 1.15 bits per heavy atom. The highest BCUT2D eigenvalue weighted by Crippen LogP contribution is 2.32. The monoisotopic (exact) mass is 399 g/mol. The van der Waals surface area contributed by atoms with Gasteiger partial charge in [-0.3, -0.25) is 9.69 Å². The number of thioether (sulfide) groups is 1. The van der Waals surface area contributed by atoms with E-state index in [9.17, 15) is 9.59 Å². The Balaban J connectivity index is 1.64. The van der Waals surface area contributed by atoms with Gasteiger partial charge >= 0.3 is 5.97 Å². The van der Waals surface area contributed by atoms with Crippen molar-refractivity contribution in [3.05, 3.63) is 70.6 Å². The lowest BCUT2D eigenvalue weighted by Gasteiger charge is -2.14. The fourth-order valence-corrected chi connectivity index (χ4v) is 3.84. The van der Waals surface area contributed by atoms with Gasteiger partial charge in [0.2, 0.25) is 0 Å². The van der Waals surface area contributed by atoms with E-state index in [1.807, 2.05) is 30.3 Å². The molecule has 0 aromatic heterocycles. The first-order valence-corrected chi connectivity index (χ1v) is 9.49. The van der Waals surface area contributed by atoms with E-state index >= 15 is 0 Å². The summed E-state index contributed by atoms with van der Waals surface area (Å²) in [6, 6.07) is 16.9. The minimum atomic E-state index is -1.03. The van der Waals surface area contributed by atoms with Gasteiger partial charge in [0, 0.05) is 6.54 Å². The summed E-state index contributed by atoms with van der Waals surface area (Å²) >= 11 is 6.65. The Labute approximate surface area is 166 Å². The lowest BCUT2D eigenvalue weighted by molar-refractivity contribution is -0.139. The number of thiocarbonyl (C=S) groups is 1. The van der Waals surface area contributed by atoms with Crippen LogP contribution in [0.5, 0.6) is 5.75 Å². The van der Waals surface area contributed by atoms with E-state index in [0.29, 0.717) is 21.5 Å². The predicted molar refractivity (Wildman–Crippen MR) is 110 cm³/mol. The highest BCUT2D eigenvalue weighted by atomic mass is 32.2. The molecule has 0 radical (unpaired) electrons. The van der Waals surface area contributed by atoms with Gasteiger partial charge in [-0.15, -0.1) is 0 Å². The van der Waals surface area contributed by atoms with Gasteiger partial charge in [0.15, 0.2) is 6.61 Å². The fraction of sp³-hybridized carbons (Fsp3) is 0.150. The topological polar surface area (TPSA) is 66.8 Å². The molecular formula is C20H17NO4S2. The molecule has 0 spiro atoms. The average molecular weight is 399 g/mol. The highest BCUT2D eigenvalue weighted by molar-refractivity contribution is 8.26.